The molecule has 0 spiro atoms. The Morgan fingerprint density at radius 2 is 1.81 bits per heavy atom. The SMILES string of the molecule is Cc1cccc(-c2nc(CN3CCN(c4ccc(F)cc4)CC3)co2)c1. The number of rotatable bonds is 4. The molecule has 0 unspecified atom stereocenters. The van der Waals surface area contributed by atoms with Crippen molar-refractivity contribution < 1.29 is 8.81 Å². The maximum atomic E-state index is 13.1. The van der Waals surface area contributed by atoms with Gasteiger partial charge in [0.15, 0.2) is 0 Å². The fourth-order valence-corrected chi connectivity index (χ4v) is 3.34. The number of aromatic nitrogens is 1. The highest BCUT2D eigenvalue weighted by Crippen LogP contribution is 2.21. The minimum atomic E-state index is -0.192. The third kappa shape index (κ3) is 3.78. The van der Waals surface area contributed by atoms with E-state index in [1.807, 2.05) is 24.3 Å². The van der Waals surface area contributed by atoms with E-state index in [9.17, 15) is 4.39 Å². The predicted molar refractivity (Wildman–Crippen MR) is 101 cm³/mol. The van der Waals surface area contributed by atoms with Gasteiger partial charge in [0.25, 0.3) is 0 Å². The molecule has 0 atom stereocenters. The van der Waals surface area contributed by atoms with Crippen molar-refractivity contribution in [2.24, 2.45) is 0 Å². The number of oxazole rings is 1. The monoisotopic (exact) mass is 351 g/mol. The second-order valence-corrected chi connectivity index (χ2v) is 6.75. The number of hydrogen-bond acceptors (Lipinski definition) is 4. The van der Waals surface area contributed by atoms with Crippen molar-refractivity contribution in [2.75, 3.05) is 31.1 Å². The lowest BCUT2D eigenvalue weighted by molar-refractivity contribution is 0.247. The summed E-state index contributed by atoms with van der Waals surface area (Å²) in [6, 6.07) is 14.9. The third-order valence-corrected chi connectivity index (χ3v) is 4.77. The molecule has 26 heavy (non-hydrogen) atoms. The highest BCUT2D eigenvalue weighted by molar-refractivity contribution is 5.54. The Morgan fingerprint density at radius 1 is 1.04 bits per heavy atom. The third-order valence-electron chi connectivity index (χ3n) is 4.77. The lowest BCUT2D eigenvalue weighted by atomic mass is 10.1. The highest BCUT2D eigenvalue weighted by Gasteiger charge is 2.19. The van der Waals surface area contributed by atoms with Gasteiger partial charge in [-0.25, -0.2) is 9.37 Å². The number of benzene rings is 2. The van der Waals surface area contributed by atoms with Crippen LogP contribution in [0.5, 0.6) is 0 Å². The standard InChI is InChI=1S/C21H22FN3O/c1-16-3-2-4-17(13-16)21-23-19(15-26-21)14-24-9-11-25(12-10-24)20-7-5-18(22)6-8-20/h2-8,13,15H,9-12,14H2,1H3. The predicted octanol–water partition coefficient (Wildman–Crippen LogP) is 4.11. The molecule has 1 fully saturated rings. The van der Waals surface area contributed by atoms with E-state index in [4.69, 9.17) is 4.42 Å². The molecule has 0 radical (unpaired) electrons. The van der Waals surface area contributed by atoms with Crippen molar-refractivity contribution in [3.63, 3.8) is 0 Å². The van der Waals surface area contributed by atoms with Crippen LogP contribution >= 0.6 is 0 Å². The first kappa shape index (κ1) is 16.8. The van der Waals surface area contributed by atoms with Gasteiger partial charge in [-0.15, -0.1) is 0 Å². The first-order valence-electron chi connectivity index (χ1n) is 8.92. The van der Waals surface area contributed by atoms with Gasteiger partial charge in [-0.2, -0.15) is 0 Å². The molecular formula is C21H22FN3O. The number of aryl methyl sites for hydroxylation is 1. The maximum Gasteiger partial charge on any atom is 0.226 e. The molecule has 0 N–H and O–H groups in total. The summed E-state index contributed by atoms with van der Waals surface area (Å²) in [7, 11) is 0. The fourth-order valence-electron chi connectivity index (χ4n) is 3.34. The lowest BCUT2D eigenvalue weighted by Gasteiger charge is -2.35. The molecule has 3 aromatic rings. The minimum absolute atomic E-state index is 0.192. The molecule has 4 rings (SSSR count). The molecule has 4 nitrogen and oxygen atoms in total. The molecule has 0 saturated carbocycles. The molecule has 1 aliphatic rings. The van der Waals surface area contributed by atoms with E-state index in [1.165, 1.54) is 17.7 Å². The van der Waals surface area contributed by atoms with Crippen LogP contribution < -0.4 is 4.90 Å². The van der Waals surface area contributed by atoms with E-state index >= 15 is 0 Å². The molecule has 1 saturated heterocycles. The Kier molecular flexibility index (Phi) is 4.71. The van der Waals surface area contributed by atoms with Gasteiger partial charge >= 0.3 is 0 Å². The summed E-state index contributed by atoms with van der Waals surface area (Å²) in [4.78, 5) is 9.30. The van der Waals surface area contributed by atoms with Crippen LogP contribution in [0.2, 0.25) is 0 Å². The summed E-state index contributed by atoms with van der Waals surface area (Å²) in [5.74, 6) is 0.483. The zero-order valence-corrected chi connectivity index (χ0v) is 14.9. The number of hydrogen-bond donors (Lipinski definition) is 0. The van der Waals surface area contributed by atoms with E-state index in [0.29, 0.717) is 5.89 Å². The summed E-state index contributed by atoms with van der Waals surface area (Å²) in [6.45, 7) is 6.59. The van der Waals surface area contributed by atoms with Crippen LogP contribution in [0, 0.1) is 12.7 Å². The van der Waals surface area contributed by atoms with Gasteiger partial charge in [0.1, 0.15) is 12.1 Å². The Hall–Kier alpha value is -2.66. The maximum absolute atomic E-state index is 13.1. The van der Waals surface area contributed by atoms with Gasteiger partial charge in [-0.1, -0.05) is 17.7 Å². The van der Waals surface area contributed by atoms with Gasteiger partial charge in [0, 0.05) is 44.0 Å². The number of piperazine rings is 1. The molecule has 134 valence electrons. The van der Waals surface area contributed by atoms with Crippen LogP contribution in [0.3, 0.4) is 0 Å². The van der Waals surface area contributed by atoms with Crippen LogP contribution in [0.4, 0.5) is 10.1 Å². The van der Waals surface area contributed by atoms with Gasteiger partial charge < -0.3 is 9.32 Å². The zero-order chi connectivity index (χ0) is 17.9. The van der Waals surface area contributed by atoms with Crippen LogP contribution in [0.25, 0.3) is 11.5 Å². The van der Waals surface area contributed by atoms with Crippen molar-refractivity contribution in [1.82, 2.24) is 9.88 Å². The number of anilines is 1. The van der Waals surface area contributed by atoms with E-state index in [1.54, 1.807) is 6.26 Å². The Bertz CT molecular complexity index is 867. The lowest BCUT2D eigenvalue weighted by Crippen LogP contribution is -2.46. The quantitative estimate of drug-likeness (QED) is 0.708. The van der Waals surface area contributed by atoms with E-state index in [0.717, 1.165) is 49.7 Å². The van der Waals surface area contributed by atoms with Crippen LogP contribution in [0.1, 0.15) is 11.3 Å². The van der Waals surface area contributed by atoms with Crippen LogP contribution in [-0.2, 0) is 6.54 Å². The Balaban J connectivity index is 1.35. The topological polar surface area (TPSA) is 32.5 Å². The Morgan fingerprint density at radius 3 is 2.54 bits per heavy atom. The molecule has 2 heterocycles. The fraction of sp³-hybridized carbons (Fsp3) is 0.286. The summed E-state index contributed by atoms with van der Waals surface area (Å²) >= 11 is 0. The largest absolute Gasteiger partial charge is 0.444 e. The van der Waals surface area contributed by atoms with Crippen molar-refractivity contribution >= 4 is 5.69 Å². The summed E-state index contributed by atoms with van der Waals surface area (Å²) < 4.78 is 18.7. The first-order chi connectivity index (χ1) is 12.7. The van der Waals surface area contributed by atoms with E-state index < -0.39 is 0 Å². The molecule has 0 aliphatic carbocycles. The van der Waals surface area contributed by atoms with Crippen molar-refractivity contribution in [3.8, 4) is 11.5 Å². The van der Waals surface area contributed by atoms with Gasteiger partial charge in [-0.05, 0) is 43.3 Å². The average Bonchev–Trinajstić information content (AvgIpc) is 3.12. The average molecular weight is 351 g/mol. The molecule has 5 heteroatoms. The van der Waals surface area contributed by atoms with Crippen molar-refractivity contribution in [2.45, 2.75) is 13.5 Å². The Labute approximate surface area is 152 Å². The number of nitrogens with zero attached hydrogens (tertiary/aromatic N) is 3. The normalized spacial score (nSPS) is 15.4. The minimum Gasteiger partial charge on any atom is -0.444 e. The molecule has 0 amide bonds. The summed E-state index contributed by atoms with van der Waals surface area (Å²) in [6.07, 6.45) is 1.75. The molecule has 2 aromatic carbocycles. The molecule has 0 bridgehead atoms. The van der Waals surface area contributed by atoms with Gasteiger partial charge in [0.2, 0.25) is 5.89 Å². The molecule has 1 aliphatic heterocycles. The zero-order valence-electron chi connectivity index (χ0n) is 14.9. The van der Waals surface area contributed by atoms with Crippen LogP contribution in [0.15, 0.2) is 59.2 Å². The van der Waals surface area contributed by atoms with E-state index in [-0.39, 0.29) is 5.82 Å². The smallest absolute Gasteiger partial charge is 0.226 e. The highest BCUT2D eigenvalue weighted by atomic mass is 19.1. The van der Waals surface area contributed by atoms with E-state index in [2.05, 4.69) is 33.8 Å². The van der Waals surface area contributed by atoms with Gasteiger partial charge in [0.05, 0.1) is 5.69 Å². The van der Waals surface area contributed by atoms with Gasteiger partial charge in [-0.3, -0.25) is 4.90 Å². The molecule has 1 aromatic heterocycles. The van der Waals surface area contributed by atoms with Crippen molar-refractivity contribution in [1.29, 1.82) is 0 Å². The summed E-state index contributed by atoms with van der Waals surface area (Å²) in [5.41, 5.74) is 4.24. The number of halogens is 1. The first-order valence-corrected chi connectivity index (χ1v) is 8.92. The summed E-state index contributed by atoms with van der Waals surface area (Å²) in [5, 5.41) is 0. The second-order valence-electron chi connectivity index (χ2n) is 6.75. The van der Waals surface area contributed by atoms with Crippen LogP contribution in [-0.4, -0.2) is 36.1 Å². The van der Waals surface area contributed by atoms with Crippen molar-refractivity contribution in [3.05, 3.63) is 71.9 Å². The second kappa shape index (κ2) is 7.30. The molecular weight excluding hydrogens is 329 g/mol.